The highest BCUT2D eigenvalue weighted by atomic mass is 28.4. The molecule has 0 spiro atoms. The fourth-order valence-corrected chi connectivity index (χ4v) is 2.50. The lowest BCUT2D eigenvalue weighted by molar-refractivity contribution is -0.140. The molecule has 178 valence electrons. The summed E-state index contributed by atoms with van der Waals surface area (Å²) in [6.07, 6.45) is -7.96. The molecule has 2 atom stereocenters. The highest BCUT2D eigenvalue weighted by Crippen LogP contribution is 2.37. The van der Waals surface area contributed by atoms with Crippen molar-refractivity contribution >= 4 is 28.4 Å². The van der Waals surface area contributed by atoms with Crippen LogP contribution in [0, 0.1) is 0 Å². The largest absolute Gasteiger partial charge is 0.415 e. The van der Waals surface area contributed by atoms with Gasteiger partial charge in [0.1, 0.15) is 0 Å². The molecule has 0 unspecified atom stereocenters. The Balaban J connectivity index is 7.26. The van der Waals surface area contributed by atoms with Crippen LogP contribution in [0.5, 0.6) is 0 Å². The first kappa shape index (κ1) is 12.0. The van der Waals surface area contributed by atoms with Crippen molar-refractivity contribution in [3.05, 3.63) is 0 Å². The zero-order valence-corrected chi connectivity index (χ0v) is 21.6. The van der Waals surface area contributed by atoms with E-state index in [-0.39, 0.29) is 0 Å². The van der Waals surface area contributed by atoms with E-state index in [1.807, 2.05) is 0 Å². The van der Waals surface area contributed by atoms with E-state index >= 15 is 0 Å². The maximum Gasteiger partial charge on any atom is 0.309 e. The van der Waals surface area contributed by atoms with E-state index in [1.54, 1.807) is 41.5 Å². The molecular weight excluding hydrogens is 412 g/mol. The van der Waals surface area contributed by atoms with Gasteiger partial charge in [0.05, 0.1) is 33.4 Å². The fraction of sp³-hybridized carbons (Fsp3) is 0.909. The molecule has 6 nitrogen and oxygen atoms in total. The van der Waals surface area contributed by atoms with Gasteiger partial charge < -0.3 is 19.5 Å². The molecule has 0 heterocycles. The van der Waals surface area contributed by atoms with Gasteiger partial charge in [-0.2, -0.15) is 0 Å². The second-order valence-electron chi connectivity index (χ2n) is 9.84. The van der Waals surface area contributed by atoms with Crippen LogP contribution in [0.1, 0.15) is 89.9 Å². The van der Waals surface area contributed by atoms with Crippen LogP contribution in [0.15, 0.2) is 0 Å². The number of rotatable bonds is 10. The van der Waals surface area contributed by atoms with Crippen molar-refractivity contribution in [3.63, 3.8) is 0 Å². The molecule has 30 heavy (non-hydrogen) atoms. The molecule has 0 aliphatic carbocycles. The normalized spacial score (nSPS) is 28.2. The van der Waals surface area contributed by atoms with Crippen LogP contribution in [-0.2, 0) is 18.4 Å². The van der Waals surface area contributed by atoms with Crippen molar-refractivity contribution in [2.24, 2.45) is 0 Å². The minimum atomic E-state index is -3.98. The zero-order chi connectivity index (χ0) is 38.0. The standard InChI is InChI=1S/C22H48N2O4Si2/c1-13-17(15-27-29(9,10)21(3,4)5)23-19(25)20(26)24-18(14-2)16-28-30(11,12)22(6,7)8/h17-18H,13-16H2,1-12H3,(H,23,25)(H,24,26)/t17-,18-/m0/s1/i1D3,2D3,13D2,14D2,15D2,16D2,17D,18D. The monoisotopic (exact) mass is 476 g/mol. The Morgan fingerprint density at radius 3 is 1.37 bits per heavy atom. The highest BCUT2D eigenvalue weighted by molar-refractivity contribution is 6.74. The van der Waals surface area contributed by atoms with Gasteiger partial charge in [0.15, 0.2) is 16.6 Å². The second kappa shape index (κ2) is 11.2. The van der Waals surface area contributed by atoms with Gasteiger partial charge >= 0.3 is 11.8 Å². The Labute approximate surface area is 210 Å². The average molecular weight is 477 g/mol. The molecule has 0 fully saturated rings. The first-order valence-corrected chi connectivity index (χ1v) is 15.3. The van der Waals surface area contributed by atoms with Crippen LogP contribution in [0.4, 0.5) is 0 Å². The van der Waals surface area contributed by atoms with Crippen molar-refractivity contribution < 1.29 is 40.4 Å². The number of nitrogens with one attached hydrogen (secondary N) is 2. The molecule has 0 saturated carbocycles. The summed E-state index contributed by atoms with van der Waals surface area (Å²) in [5, 5.41) is 1.22. The third-order valence-corrected chi connectivity index (χ3v) is 13.8. The first-order valence-electron chi connectivity index (χ1n) is 17.5. The van der Waals surface area contributed by atoms with Crippen LogP contribution in [-0.4, -0.2) is 53.6 Å². The molecule has 0 aromatic heterocycles. The molecule has 8 heteroatoms. The van der Waals surface area contributed by atoms with Crippen molar-refractivity contribution in [3.8, 4) is 0 Å². The predicted molar refractivity (Wildman–Crippen MR) is 131 cm³/mol. The first-order chi connectivity index (χ1) is 19.4. The Hall–Kier alpha value is -0.706. The lowest BCUT2D eigenvalue weighted by atomic mass is 10.2. The highest BCUT2D eigenvalue weighted by Gasteiger charge is 2.38. The summed E-state index contributed by atoms with van der Waals surface area (Å²) in [6, 6.07) is -7.86. The molecule has 0 rings (SSSR count). The summed E-state index contributed by atoms with van der Waals surface area (Å²) in [7, 11) is -6.63. The van der Waals surface area contributed by atoms with Crippen molar-refractivity contribution in [2.45, 2.75) is 116 Å². The van der Waals surface area contributed by atoms with Gasteiger partial charge in [-0.3, -0.25) is 9.59 Å². The topological polar surface area (TPSA) is 76.7 Å². The van der Waals surface area contributed by atoms with Crippen LogP contribution in [0.3, 0.4) is 0 Å². The summed E-state index contributed by atoms with van der Waals surface area (Å²) in [5.41, 5.74) is 0. The molecule has 2 N–H and O–H groups in total. The molecule has 0 radical (unpaired) electrons. The Bertz CT molecular complexity index is 1060. The average Bonchev–Trinajstić information content (AvgIpc) is 2.73. The van der Waals surface area contributed by atoms with Crippen LogP contribution in [0.2, 0.25) is 36.3 Å². The number of hydrogen-bond donors (Lipinski definition) is 2. The van der Waals surface area contributed by atoms with Crippen LogP contribution >= 0.6 is 0 Å². The summed E-state index contributed by atoms with van der Waals surface area (Å²) in [4.78, 5) is 26.5. The van der Waals surface area contributed by atoms with Gasteiger partial charge in [-0.05, 0) is 49.0 Å². The summed E-state index contributed by atoms with van der Waals surface area (Å²) < 4.78 is 141. The molecular formula is C22H48N2O4Si2. The van der Waals surface area contributed by atoms with E-state index in [0.29, 0.717) is 0 Å². The van der Waals surface area contributed by atoms with E-state index in [0.717, 1.165) is 0 Å². The SMILES string of the molecule is [2H]C([2H])([2H])C([2H])([2H])[C@]([2H])(NC(=O)C(=O)N[C@]([2H])(C([2H])([2H])O[Si](C)(C)C(C)(C)C)C([2H])([2H])C([2H])([2H])[2H])C([2H])([2H])O[Si](C)(C)C(C)(C)C. The Morgan fingerprint density at radius 1 is 0.833 bits per heavy atom. The van der Waals surface area contributed by atoms with E-state index < -0.39 is 90.1 Å². The molecule has 0 bridgehead atoms. The number of carbonyl (C=O) groups excluding carboxylic acids is 2. The van der Waals surface area contributed by atoms with E-state index in [4.69, 9.17) is 30.8 Å². The summed E-state index contributed by atoms with van der Waals surface area (Å²) >= 11 is 0. The van der Waals surface area contributed by atoms with Crippen molar-refractivity contribution in [1.82, 2.24) is 10.6 Å². The zero-order valence-electron chi connectivity index (χ0n) is 35.6. The lowest BCUT2D eigenvalue weighted by Crippen LogP contribution is -2.52. The van der Waals surface area contributed by atoms with E-state index in [9.17, 15) is 9.59 Å². The van der Waals surface area contributed by atoms with Gasteiger partial charge in [-0.1, -0.05) is 55.2 Å². The lowest BCUT2D eigenvalue weighted by Gasteiger charge is -2.37. The fourth-order valence-electron chi connectivity index (χ4n) is 1.17. The maximum absolute atomic E-state index is 13.3. The van der Waals surface area contributed by atoms with E-state index in [1.165, 1.54) is 36.8 Å². The Morgan fingerprint density at radius 2 is 1.13 bits per heavy atom. The summed E-state index contributed by atoms with van der Waals surface area (Å²) in [6.45, 7) is 0.915. The molecule has 0 aliphatic rings. The van der Waals surface area contributed by atoms with Crippen molar-refractivity contribution in [1.29, 1.82) is 0 Å². The molecule has 0 saturated heterocycles. The quantitative estimate of drug-likeness (QED) is 0.350. The Kier molecular flexibility index (Phi) is 4.48. The number of carbonyl (C=O) groups is 2. The third kappa shape index (κ3) is 9.20. The minimum Gasteiger partial charge on any atom is -0.415 e. The van der Waals surface area contributed by atoms with Crippen molar-refractivity contribution in [2.75, 3.05) is 13.1 Å². The smallest absolute Gasteiger partial charge is 0.309 e. The van der Waals surface area contributed by atoms with Gasteiger partial charge in [0.25, 0.3) is 0 Å². The molecule has 0 aromatic rings. The molecule has 2 amide bonds. The molecule has 0 aliphatic heterocycles. The second-order valence-corrected chi connectivity index (χ2v) is 19.3. The third-order valence-electron chi connectivity index (χ3n) is 5.36. The van der Waals surface area contributed by atoms with Gasteiger partial charge in [0.2, 0.25) is 0 Å². The number of amides is 2. The van der Waals surface area contributed by atoms with Gasteiger partial charge in [0, 0.05) is 13.7 Å². The molecule has 0 aromatic carbocycles. The number of hydrogen-bond acceptors (Lipinski definition) is 4. The van der Waals surface area contributed by atoms with Crippen LogP contribution in [0.25, 0.3) is 0 Å². The maximum atomic E-state index is 13.3. The van der Waals surface area contributed by atoms with Gasteiger partial charge in [-0.15, -0.1) is 0 Å². The van der Waals surface area contributed by atoms with Crippen LogP contribution < -0.4 is 10.6 Å². The van der Waals surface area contributed by atoms with E-state index in [2.05, 4.69) is 0 Å². The predicted octanol–water partition coefficient (Wildman–Crippen LogP) is 4.82. The minimum absolute atomic E-state index is 0.781. The van der Waals surface area contributed by atoms with Gasteiger partial charge in [-0.25, -0.2) is 0 Å². The summed E-state index contributed by atoms with van der Waals surface area (Å²) in [5.74, 6) is -4.43.